The van der Waals surface area contributed by atoms with Gasteiger partial charge in [0, 0.05) is 34.3 Å². The lowest BCUT2D eigenvalue weighted by atomic mass is 9.70. The van der Waals surface area contributed by atoms with Crippen LogP contribution in [0, 0.1) is 17.8 Å². The molecule has 38 heavy (non-hydrogen) atoms. The van der Waals surface area contributed by atoms with Crippen molar-refractivity contribution in [2.75, 3.05) is 24.6 Å². The summed E-state index contributed by atoms with van der Waals surface area (Å²) in [6, 6.07) is 12.4. The first-order valence-corrected chi connectivity index (χ1v) is 16.3. The van der Waals surface area contributed by atoms with Crippen LogP contribution in [0.1, 0.15) is 80.3 Å². The quantitative estimate of drug-likeness (QED) is 0.346. The zero-order valence-electron chi connectivity index (χ0n) is 22.8. The van der Waals surface area contributed by atoms with Crippen LogP contribution in [0.4, 0.5) is 5.69 Å². The highest BCUT2D eigenvalue weighted by atomic mass is 35.5. The number of rotatable bonds is 0. The zero-order valence-corrected chi connectivity index (χ0v) is 24.4. The number of halogens is 1. The van der Waals surface area contributed by atoms with Crippen LogP contribution in [-0.4, -0.2) is 36.7 Å². The molecule has 6 rings (SSSR count). The Labute approximate surface area is 235 Å². The Balaban J connectivity index is 1.37. The Hall–Kier alpha value is -1.98. The first-order valence-electron chi connectivity index (χ1n) is 14.5. The zero-order chi connectivity index (χ0) is 26.4. The summed E-state index contributed by atoms with van der Waals surface area (Å²) < 4.78 is 9.83. The molecule has 6 heteroatoms. The Bertz CT molecular complexity index is 1250. The van der Waals surface area contributed by atoms with Gasteiger partial charge in [0.2, 0.25) is 0 Å². The highest BCUT2D eigenvalue weighted by Crippen LogP contribution is 2.47. The minimum Gasteiger partial charge on any atom is -0.490 e. The number of carbonyl (C=O) groups is 1. The van der Waals surface area contributed by atoms with Gasteiger partial charge in [-0.05, 0) is 91.3 Å². The lowest BCUT2D eigenvalue weighted by Gasteiger charge is -2.43. The fourth-order valence-corrected chi connectivity index (χ4v) is 8.65. The van der Waals surface area contributed by atoms with E-state index in [0.29, 0.717) is 29.3 Å². The van der Waals surface area contributed by atoms with Gasteiger partial charge in [0.1, 0.15) is 5.75 Å². The summed E-state index contributed by atoms with van der Waals surface area (Å²) in [5, 5.41) is 1.17. The van der Waals surface area contributed by atoms with Crippen molar-refractivity contribution in [3.8, 4) is 5.75 Å². The summed E-state index contributed by atoms with van der Waals surface area (Å²) in [4.78, 5) is 16.0. The Morgan fingerprint density at radius 2 is 1.89 bits per heavy atom. The van der Waals surface area contributed by atoms with E-state index in [1.165, 1.54) is 49.7 Å². The predicted octanol–water partition coefficient (Wildman–Crippen LogP) is 7.39. The molecule has 0 radical (unpaired) electrons. The van der Waals surface area contributed by atoms with Gasteiger partial charge in [-0.15, -0.1) is 0 Å². The molecule has 2 aromatic carbocycles. The van der Waals surface area contributed by atoms with Crippen LogP contribution in [0.5, 0.6) is 5.75 Å². The fraction of sp³-hybridized carbons (Fsp3) is 0.562. The van der Waals surface area contributed by atoms with Gasteiger partial charge in [0.15, 0.2) is 0 Å². The summed E-state index contributed by atoms with van der Waals surface area (Å²) in [5.41, 5.74) is 4.44. The van der Waals surface area contributed by atoms with E-state index in [1.807, 2.05) is 18.2 Å². The molecule has 1 fully saturated rings. The average molecular weight is 553 g/mol. The number of ether oxygens (including phenoxy) is 1. The topological polar surface area (TPSA) is 41.6 Å². The Kier molecular flexibility index (Phi) is 7.28. The molecule has 0 saturated heterocycles. The number of carbonyl (C=O) groups excluding carboxylic acids is 1. The minimum atomic E-state index is -0.423. The van der Waals surface area contributed by atoms with Crippen LogP contribution in [-0.2, 0) is 11.8 Å². The number of benzene rings is 2. The second kappa shape index (κ2) is 10.5. The number of fused-ring (bicyclic) bond motifs is 4. The van der Waals surface area contributed by atoms with Crippen LogP contribution in [0.2, 0.25) is 5.02 Å². The van der Waals surface area contributed by atoms with Crippen molar-refractivity contribution in [1.29, 1.82) is 0 Å². The molecule has 6 atom stereocenters. The molecule has 1 saturated carbocycles. The van der Waals surface area contributed by atoms with Gasteiger partial charge in [-0.1, -0.05) is 67.3 Å². The van der Waals surface area contributed by atoms with E-state index >= 15 is 0 Å². The molecule has 4 nitrogen and oxygen atoms in total. The second-order valence-corrected chi connectivity index (χ2v) is 14.6. The second-order valence-electron chi connectivity index (χ2n) is 12.4. The number of anilines is 1. The molecule has 6 unspecified atom stereocenters. The number of nitrogens with zero attached hydrogens (tertiary/aromatic N) is 1. The van der Waals surface area contributed by atoms with Crippen molar-refractivity contribution in [2.24, 2.45) is 17.8 Å². The van der Waals surface area contributed by atoms with Crippen molar-refractivity contribution in [3.63, 3.8) is 0 Å². The molecule has 2 heterocycles. The normalized spacial score (nSPS) is 33.4. The van der Waals surface area contributed by atoms with Gasteiger partial charge < -0.3 is 14.4 Å². The molecular weight excluding hydrogens is 512 g/mol. The summed E-state index contributed by atoms with van der Waals surface area (Å²) >= 11 is 6.37. The van der Waals surface area contributed by atoms with Crippen molar-refractivity contribution in [3.05, 3.63) is 58.1 Å². The molecule has 2 bridgehead atoms. The lowest BCUT2D eigenvalue weighted by molar-refractivity contribution is 0.0984. The van der Waals surface area contributed by atoms with E-state index in [4.69, 9.17) is 16.3 Å². The van der Waals surface area contributed by atoms with Gasteiger partial charge in [-0.3, -0.25) is 4.79 Å². The molecule has 2 aliphatic carbocycles. The van der Waals surface area contributed by atoms with E-state index < -0.39 is 10.7 Å². The number of hydrogen-bond donors (Lipinski definition) is 1. The number of hydrogen-bond acceptors (Lipinski definition) is 3. The number of nitrogens with one attached hydrogen (secondary N) is 1. The molecule has 0 aromatic heterocycles. The Morgan fingerprint density at radius 3 is 2.71 bits per heavy atom. The predicted molar refractivity (Wildman–Crippen MR) is 161 cm³/mol. The van der Waals surface area contributed by atoms with Crippen LogP contribution in [0.25, 0.3) is 0 Å². The third kappa shape index (κ3) is 4.90. The maximum absolute atomic E-state index is 13.4. The first-order chi connectivity index (χ1) is 18.3. The van der Waals surface area contributed by atoms with Gasteiger partial charge >= 0.3 is 0 Å². The van der Waals surface area contributed by atoms with Crippen molar-refractivity contribution >= 4 is 39.7 Å². The highest BCUT2D eigenvalue weighted by molar-refractivity contribution is 8.13. The van der Waals surface area contributed by atoms with Crippen molar-refractivity contribution in [2.45, 2.75) is 75.9 Å². The molecule has 2 aromatic rings. The summed E-state index contributed by atoms with van der Waals surface area (Å²) in [5.74, 6) is 7.29. The maximum atomic E-state index is 13.4. The van der Waals surface area contributed by atoms with E-state index in [2.05, 4.69) is 47.5 Å². The Morgan fingerprint density at radius 1 is 1.08 bits per heavy atom. The maximum Gasteiger partial charge on any atom is 0.260 e. The van der Waals surface area contributed by atoms with Gasteiger partial charge in [-0.25, -0.2) is 0 Å². The molecule has 1 spiro atoms. The smallest absolute Gasteiger partial charge is 0.260 e. The van der Waals surface area contributed by atoms with E-state index in [-0.39, 0.29) is 11.3 Å². The number of aryl methyl sites for hydroxylation is 1. The van der Waals surface area contributed by atoms with Crippen LogP contribution in [0.15, 0.2) is 36.4 Å². The first kappa shape index (κ1) is 26.3. The van der Waals surface area contributed by atoms with Crippen LogP contribution < -0.4 is 14.4 Å². The van der Waals surface area contributed by atoms with E-state index in [9.17, 15) is 4.79 Å². The van der Waals surface area contributed by atoms with E-state index in [0.717, 1.165) is 48.3 Å². The molecule has 2 aliphatic heterocycles. The van der Waals surface area contributed by atoms with Gasteiger partial charge in [0.05, 0.1) is 12.3 Å². The molecule has 1 N–H and O–H groups in total. The monoisotopic (exact) mass is 552 g/mol. The average Bonchev–Trinajstić information content (AvgIpc) is 3.15. The molecule has 4 aliphatic rings. The summed E-state index contributed by atoms with van der Waals surface area (Å²) in [6.45, 7) is 7.16. The van der Waals surface area contributed by atoms with Crippen molar-refractivity contribution < 1.29 is 9.53 Å². The summed E-state index contributed by atoms with van der Waals surface area (Å²) in [7, 11) is -0.423. The summed E-state index contributed by atoms with van der Waals surface area (Å²) in [6.07, 6.45) is 9.87. The molecular formula is C32H41ClN2O2S. The molecule has 1 amide bonds. The standard InChI is InChI=1S/C32H41ClN2O2S/c1-21-6-4-5-7-23-8-9-26(23)18-35-19-32(15-14-24-16-27(33)11-12-28(24)32)20-37-30-13-10-25(17-29(30)35)31(36)34-38(3)22(21)2/h10-13,16-17,21-23,26H,3-9,14-15,18-20H2,1-2H3,(H,34,36). The van der Waals surface area contributed by atoms with Crippen LogP contribution >= 0.6 is 22.3 Å². The lowest BCUT2D eigenvalue weighted by Crippen LogP contribution is -2.46. The van der Waals surface area contributed by atoms with Gasteiger partial charge in [0.25, 0.3) is 5.91 Å². The fourth-order valence-electron chi connectivity index (χ4n) is 7.21. The SMILES string of the molecule is C=S1NC(=O)c2ccc3c(c2)N(CC2CCC2CCCCC(C)C1C)CC1(CCc2cc(Cl)ccc21)CO3. The van der Waals surface area contributed by atoms with Gasteiger partial charge in [-0.2, -0.15) is 0 Å². The van der Waals surface area contributed by atoms with Crippen LogP contribution in [0.3, 0.4) is 0 Å². The van der Waals surface area contributed by atoms with Crippen molar-refractivity contribution in [1.82, 2.24) is 4.72 Å². The largest absolute Gasteiger partial charge is 0.490 e. The third-order valence-electron chi connectivity index (χ3n) is 10.1. The third-order valence-corrected chi connectivity index (χ3v) is 12.1. The van der Waals surface area contributed by atoms with E-state index in [1.54, 1.807) is 0 Å². The number of amides is 1. The highest BCUT2D eigenvalue weighted by Gasteiger charge is 2.44. The molecule has 204 valence electrons. The minimum absolute atomic E-state index is 0.0291.